The number of fused-ring (bicyclic) bond motifs is 1. The summed E-state index contributed by atoms with van der Waals surface area (Å²) in [6.45, 7) is 4.80. The Hall–Kier alpha value is -3.95. The Kier molecular flexibility index (Phi) is 8.06. The van der Waals surface area contributed by atoms with Gasteiger partial charge in [0, 0.05) is 46.6 Å². The van der Waals surface area contributed by atoms with Gasteiger partial charge in [-0.1, -0.05) is 18.2 Å². The number of hydrogen-bond acceptors (Lipinski definition) is 10. The molecule has 1 aromatic carbocycles. The van der Waals surface area contributed by atoms with Crippen molar-refractivity contribution in [2.24, 2.45) is 0 Å². The maximum atomic E-state index is 13.1. The number of para-hydroxylation sites is 1. The molecule has 1 heterocycles. The normalized spacial score (nSPS) is 18.7. The van der Waals surface area contributed by atoms with Gasteiger partial charge in [0.25, 0.3) is 0 Å². The minimum Gasteiger partial charge on any atom is -0.465 e. The van der Waals surface area contributed by atoms with Crippen LogP contribution in [0.25, 0.3) is 0 Å². The van der Waals surface area contributed by atoms with Gasteiger partial charge in [0.2, 0.25) is 0 Å². The predicted octanol–water partition coefficient (Wildman–Crippen LogP) is 2.37. The third kappa shape index (κ3) is 6.56. The van der Waals surface area contributed by atoms with E-state index in [-0.39, 0.29) is 17.7 Å². The monoisotopic (exact) mass is 486 g/mol. The van der Waals surface area contributed by atoms with Crippen molar-refractivity contribution in [2.75, 3.05) is 0 Å². The third-order valence-electron chi connectivity index (χ3n) is 5.23. The third-order valence-corrected chi connectivity index (χ3v) is 5.23. The zero-order valence-corrected chi connectivity index (χ0v) is 19.8. The summed E-state index contributed by atoms with van der Waals surface area (Å²) in [6.07, 6.45) is -2.90. The molecule has 0 N–H and O–H groups in total. The Labute approximate surface area is 201 Å². The van der Waals surface area contributed by atoms with Crippen LogP contribution in [0, 0.1) is 0 Å². The van der Waals surface area contributed by atoms with E-state index < -0.39 is 47.6 Å². The molecule has 2 aromatic rings. The van der Waals surface area contributed by atoms with Crippen LogP contribution < -0.4 is 10.2 Å². The SMILES string of the molecule is CC(=O)Oc1ccccc1CCc1cc(=O)c2c(o1)CC(OC(C)=O)C(OC(C)=O)C2OC(C)=O. The van der Waals surface area contributed by atoms with Gasteiger partial charge in [-0.15, -0.1) is 0 Å². The average Bonchev–Trinajstić information content (AvgIpc) is 2.73. The van der Waals surface area contributed by atoms with Gasteiger partial charge in [-0.05, 0) is 18.1 Å². The van der Waals surface area contributed by atoms with Gasteiger partial charge in [0.1, 0.15) is 23.4 Å². The summed E-state index contributed by atoms with van der Waals surface area (Å²) in [7, 11) is 0. The molecule has 10 nitrogen and oxygen atoms in total. The highest BCUT2D eigenvalue weighted by atomic mass is 16.6. The number of benzene rings is 1. The molecule has 0 aliphatic heterocycles. The summed E-state index contributed by atoms with van der Waals surface area (Å²) in [5, 5.41) is 0. The Morgan fingerprint density at radius 2 is 1.54 bits per heavy atom. The first-order valence-corrected chi connectivity index (χ1v) is 11.0. The second kappa shape index (κ2) is 11.0. The lowest BCUT2D eigenvalue weighted by atomic mass is 9.88. The van der Waals surface area contributed by atoms with Crippen molar-refractivity contribution in [3.05, 3.63) is 63.2 Å². The van der Waals surface area contributed by atoms with Crippen molar-refractivity contribution >= 4 is 23.9 Å². The highest BCUT2D eigenvalue weighted by Gasteiger charge is 2.46. The maximum Gasteiger partial charge on any atom is 0.308 e. The lowest BCUT2D eigenvalue weighted by Gasteiger charge is -2.36. The van der Waals surface area contributed by atoms with Gasteiger partial charge >= 0.3 is 23.9 Å². The van der Waals surface area contributed by atoms with Gasteiger partial charge in [0.05, 0.1) is 5.56 Å². The maximum absolute atomic E-state index is 13.1. The molecule has 0 saturated heterocycles. The highest BCUT2D eigenvalue weighted by molar-refractivity contribution is 5.70. The van der Waals surface area contributed by atoms with Crippen LogP contribution in [0.3, 0.4) is 0 Å². The van der Waals surface area contributed by atoms with Crippen LogP contribution >= 0.6 is 0 Å². The molecule has 1 aliphatic carbocycles. The van der Waals surface area contributed by atoms with E-state index in [1.54, 1.807) is 24.3 Å². The number of carbonyl (C=O) groups is 4. The van der Waals surface area contributed by atoms with Crippen LogP contribution in [0.15, 0.2) is 39.5 Å². The molecule has 3 rings (SSSR count). The number of hydrogen-bond donors (Lipinski definition) is 0. The molecule has 1 aromatic heterocycles. The summed E-state index contributed by atoms with van der Waals surface area (Å²) in [4.78, 5) is 59.6. The zero-order valence-electron chi connectivity index (χ0n) is 19.8. The van der Waals surface area contributed by atoms with E-state index in [1.165, 1.54) is 19.9 Å². The van der Waals surface area contributed by atoms with Crippen LogP contribution in [-0.4, -0.2) is 36.1 Å². The molecule has 0 spiro atoms. The van der Waals surface area contributed by atoms with E-state index in [2.05, 4.69) is 0 Å². The highest BCUT2D eigenvalue weighted by Crippen LogP contribution is 2.35. The Morgan fingerprint density at radius 1 is 0.886 bits per heavy atom. The van der Waals surface area contributed by atoms with Crippen molar-refractivity contribution in [1.82, 2.24) is 0 Å². The fourth-order valence-corrected chi connectivity index (χ4v) is 4.01. The molecule has 0 fully saturated rings. The lowest BCUT2D eigenvalue weighted by Crippen LogP contribution is -2.47. The molecule has 10 heteroatoms. The van der Waals surface area contributed by atoms with E-state index in [1.807, 2.05) is 0 Å². The second-order valence-electron chi connectivity index (χ2n) is 8.07. The van der Waals surface area contributed by atoms with E-state index >= 15 is 0 Å². The molecule has 0 radical (unpaired) electrons. The Morgan fingerprint density at radius 3 is 2.17 bits per heavy atom. The molecule has 3 atom stereocenters. The number of carbonyl (C=O) groups excluding carboxylic acids is 4. The topological polar surface area (TPSA) is 135 Å². The minimum atomic E-state index is -1.31. The standard InChI is InChI=1S/C25H26O10/c1-13(26)31-20-8-6-5-7-17(20)9-10-18-11-19(30)23-21(35-18)12-22(32-14(2)27)24(33-15(3)28)25(23)34-16(4)29/h5-8,11,22,24-25H,9-10,12H2,1-4H3. The predicted molar refractivity (Wildman–Crippen MR) is 119 cm³/mol. The summed E-state index contributed by atoms with van der Waals surface area (Å²) in [6, 6.07) is 8.29. The quantitative estimate of drug-likeness (QED) is 0.326. The first kappa shape index (κ1) is 25.7. The van der Waals surface area contributed by atoms with E-state index in [0.29, 0.717) is 24.4 Å². The van der Waals surface area contributed by atoms with Crippen molar-refractivity contribution in [1.29, 1.82) is 0 Å². The summed E-state index contributed by atoms with van der Waals surface area (Å²) >= 11 is 0. The zero-order chi connectivity index (χ0) is 25.7. The van der Waals surface area contributed by atoms with Crippen LogP contribution in [0.2, 0.25) is 0 Å². The molecule has 186 valence electrons. The number of aryl methyl sites for hydroxylation is 2. The van der Waals surface area contributed by atoms with Gasteiger partial charge in [-0.3, -0.25) is 24.0 Å². The van der Waals surface area contributed by atoms with Gasteiger partial charge in [-0.2, -0.15) is 0 Å². The van der Waals surface area contributed by atoms with Crippen LogP contribution in [0.1, 0.15) is 56.4 Å². The molecule has 0 saturated carbocycles. The van der Waals surface area contributed by atoms with Crippen LogP contribution in [-0.2, 0) is 52.7 Å². The van der Waals surface area contributed by atoms with Crippen molar-refractivity contribution < 1.29 is 42.5 Å². The number of esters is 4. The smallest absolute Gasteiger partial charge is 0.308 e. The lowest BCUT2D eigenvalue weighted by molar-refractivity contribution is -0.186. The number of ether oxygens (including phenoxy) is 4. The average molecular weight is 486 g/mol. The molecule has 3 unspecified atom stereocenters. The largest absolute Gasteiger partial charge is 0.465 e. The van der Waals surface area contributed by atoms with E-state index in [9.17, 15) is 24.0 Å². The van der Waals surface area contributed by atoms with E-state index in [0.717, 1.165) is 19.4 Å². The number of rotatable bonds is 7. The van der Waals surface area contributed by atoms with Crippen molar-refractivity contribution in [3.63, 3.8) is 0 Å². The van der Waals surface area contributed by atoms with E-state index in [4.69, 9.17) is 23.4 Å². The fraction of sp³-hybridized carbons (Fsp3) is 0.400. The van der Waals surface area contributed by atoms with Crippen molar-refractivity contribution in [2.45, 2.75) is 65.3 Å². The van der Waals surface area contributed by atoms with Crippen LogP contribution in [0.4, 0.5) is 0 Å². The second-order valence-corrected chi connectivity index (χ2v) is 8.07. The van der Waals surface area contributed by atoms with Crippen molar-refractivity contribution in [3.8, 4) is 5.75 Å². The van der Waals surface area contributed by atoms with Gasteiger partial charge < -0.3 is 23.4 Å². The summed E-state index contributed by atoms with van der Waals surface area (Å²) < 4.78 is 27.1. The molecule has 35 heavy (non-hydrogen) atoms. The van der Waals surface area contributed by atoms with Crippen LogP contribution in [0.5, 0.6) is 5.75 Å². The first-order chi connectivity index (χ1) is 16.5. The first-order valence-electron chi connectivity index (χ1n) is 11.0. The molecular formula is C25H26O10. The van der Waals surface area contributed by atoms with Gasteiger partial charge in [-0.25, -0.2) is 0 Å². The van der Waals surface area contributed by atoms with Gasteiger partial charge in [0.15, 0.2) is 17.6 Å². The molecule has 1 aliphatic rings. The molecule has 0 bridgehead atoms. The molecule has 0 amide bonds. The molecular weight excluding hydrogens is 460 g/mol. The summed E-state index contributed by atoms with van der Waals surface area (Å²) in [5.41, 5.74) is 0.298. The Balaban J connectivity index is 1.96. The minimum absolute atomic E-state index is 0.0268. The summed E-state index contributed by atoms with van der Waals surface area (Å²) in [5.74, 6) is -1.59. The fourth-order valence-electron chi connectivity index (χ4n) is 4.01. The Bertz CT molecular complexity index is 1190.